The van der Waals surface area contributed by atoms with Gasteiger partial charge >= 0.3 is 0 Å². The molecule has 128 valence electrons. The number of nitro groups is 1. The van der Waals surface area contributed by atoms with Crippen LogP contribution in [0.15, 0.2) is 24.3 Å². The van der Waals surface area contributed by atoms with E-state index in [1.54, 1.807) is 12.1 Å². The maximum absolute atomic E-state index is 10.6. The molecule has 0 unspecified atom stereocenters. The summed E-state index contributed by atoms with van der Waals surface area (Å²) in [5, 5.41) is 10.6. The predicted molar refractivity (Wildman–Crippen MR) is 92.7 cm³/mol. The molecule has 1 aliphatic rings. The van der Waals surface area contributed by atoms with Crippen LogP contribution in [0.2, 0.25) is 0 Å². The van der Waals surface area contributed by atoms with E-state index in [0.717, 1.165) is 38.4 Å². The zero-order chi connectivity index (χ0) is 16.3. The Labute approximate surface area is 139 Å². The molecule has 0 aliphatic heterocycles. The Kier molecular flexibility index (Phi) is 8.08. The minimum absolute atomic E-state index is 0.170. The van der Waals surface area contributed by atoms with Crippen LogP contribution >= 0.6 is 0 Å². The molecule has 4 heteroatoms. The van der Waals surface area contributed by atoms with E-state index < -0.39 is 0 Å². The zero-order valence-electron chi connectivity index (χ0n) is 14.0. The Bertz CT molecular complexity index is 452. The molecule has 1 aromatic rings. The molecule has 0 N–H and O–H groups in total. The quantitative estimate of drug-likeness (QED) is 0.334. The summed E-state index contributed by atoms with van der Waals surface area (Å²) < 4.78 is 5.81. The van der Waals surface area contributed by atoms with Crippen molar-refractivity contribution in [2.24, 2.45) is 5.92 Å². The lowest BCUT2D eigenvalue weighted by Gasteiger charge is -2.21. The Morgan fingerprint density at radius 2 is 1.70 bits per heavy atom. The molecule has 0 saturated heterocycles. The van der Waals surface area contributed by atoms with E-state index in [1.807, 2.05) is 12.1 Å². The molecule has 4 nitrogen and oxygen atoms in total. The average Bonchev–Trinajstić information content (AvgIpc) is 2.58. The fraction of sp³-hybridized carbons (Fsp3) is 0.684. The number of unbranched alkanes of at least 4 members (excludes halogenated alkanes) is 3. The third-order valence-corrected chi connectivity index (χ3v) is 4.73. The number of hydrogen-bond acceptors (Lipinski definition) is 3. The van der Waals surface area contributed by atoms with Crippen molar-refractivity contribution in [1.82, 2.24) is 0 Å². The smallest absolute Gasteiger partial charge is 0.269 e. The fourth-order valence-corrected chi connectivity index (χ4v) is 3.27. The fourth-order valence-electron chi connectivity index (χ4n) is 3.27. The molecule has 0 atom stereocenters. The van der Waals surface area contributed by atoms with Gasteiger partial charge in [0.2, 0.25) is 0 Å². The van der Waals surface area contributed by atoms with Gasteiger partial charge in [-0.2, -0.15) is 0 Å². The molecule has 23 heavy (non-hydrogen) atoms. The number of nitrogens with zero attached hydrogens (tertiary/aromatic N) is 1. The second kappa shape index (κ2) is 10.4. The molecule has 0 heterocycles. The molecule has 0 aromatic heterocycles. The summed E-state index contributed by atoms with van der Waals surface area (Å²) in [7, 11) is 0. The van der Waals surface area contributed by atoms with E-state index in [-0.39, 0.29) is 10.6 Å². The summed E-state index contributed by atoms with van der Waals surface area (Å²) in [6.07, 6.45) is 12.6. The SMILES string of the molecule is O=[N+]([O-])c1ccc(CCCCCCOCC2CCCCC2)cc1. The van der Waals surface area contributed by atoms with Crippen molar-refractivity contribution in [3.05, 3.63) is 39.9 Å². The van der Waals surface area contributed by atoms with Crippen LogP contribution in [0.3, 0.4) is 0 Å². The average molecular weight is 319 g/mol. The van der Waals surface area contributed by atoms with Gasteiger partial charge in [0.1, 0.15) is 0 Å². The van der Waals surface area contributed by atoms with Gasteiger partial charge in [-0.3, -0.25) is 10.1 Å². The Hall–Kier alpha value is -1.42. The molecular weight excluding hydrogens is 290 g/mol. The third kappa shape index (κ3) is 7.12. The number of ether oxygens (including phenoxy) is 1. The molecular formula is C19H29NO3. The van der Waals surface area contributed by atoms with Crippen LogP contribution < -0.4 is 0 Å². The van der Waals surface area contributed by atoms with Crippen LogP contribution in [0, 0.1) is 16.0 Å². The van der Waals surface area contributed by atoms with Crippen molar-refractivity contribution >= 4 is 5.69 Å². The first-order valence-corrected chi connectivity index (χ1v) is 9.07. The molecule has 0 radical (unpaired) electrons. The summed E-state index contributed by atoms with van der Waals surface area (Å²) in [5.41, 5.74) is 1.35. The third-order valence-electron chi connectivity index (χ3n) is 4.73. The van der Waals surface area contributed by atoms with Crippen molar-refractivity contribution in [3.8, 4) is 0 Å². The maximum atomic E-state index is 10.6. The first kappa shape index (κ1) is 17.9. The van der Waals surface area contributed by atoms with E-state index in [2.05, 4.69) is 0 Å². The van der Waals surface area contributed by atoms with Crippen LogP contribution in [-0.4, -0.2) is 18.1 Å². The summed E-state index contributed by atoms with van der Waals surface area (Å²) in [4.78, 5) is 10.2. The van der Waals surface area contributed by atoms with Crippen LogP contribution in [0.25, 0.3) is 0 Å². The van der Waals surface area contributed by atoms with Gasteiger partial charge < -0.3 is 4.74 Å². The van der Waals surface area contributed by atoms with Gasteiger partial charge in [0, 0.05) is 25.3 Å². The Morgan fingerprint density at radius 1 is 1.00 bits per heavy atom. The van der Waals surface area contributed by atoms with Gasteiger partial charge in [0.15, 0.2) is 0 Å². The van der Waals surface area contributed by atoms with Gasteiger partial charge in [-0.1, -0.05) is 44.2 Å². The molecule has 1 saturated carbocycles. The Balaban J connectivity index is 1.45. The highest BCUT2D eigenvalue weighted by Crippen LogP contribution is 2.23. The lowest BCUT2D eigenvalue weighted by atomic mass is 9.90. The summed E-state index contributed by atoms with van der Waals surface area (Å²) in [6, 6.07) is 6.92. The molecule has 1 aliphatic carbocycles. The van der Waals surface area contributed by atoms with Crippen molar-refractivity contribution < 1.29 is 9.66 Å². The maximum Gasteiger partial charge on any atom is 0.269 e. The highest BCUT2D eigenvalue weighted by Gasteiger charge is 2.12. The minimum atomic E-state index is -0.350. The van der Waals surface area contributed by atoms with Crippen LogP contribution in [0.1, 0.15) is 63.4 Å². The molecule has 0 spiro atoms. The lowest BCUT2D eigenvalue weighted by Crippen LogP contribution is -2.13. The molecule has 1 fully saturated rings. The van der Waals surface area contributed by atoms with Gasteiger partial charge in [-0.15, -0.1) is 0 Å². The summed E-state index contributed by atoms with van der Waals surface area (Å²) in [6.45, 7) is 1.86. The van der Waals surface area contributed by atoms with Crippen LogP contribution in [0.5, 0.6) is 0 Å². The normalized spacial score (nSPS) is 15.7. The first-order chi connectivity index (χ1) is 11.3. The van der Waals surface area contributed by atoms with Gasteiger partial charge in [-0.25, -0.2) is 0 Å². The highest BCUT2D eigenvalue weighted by atomic mass is 16.6. The lowest BCUT2D eigenvalue weighted by molar-refractivity contribution is -0.384. The monoisotopic (exact) mass is 319 g/mol. The summed E-state index contributed by atoms with van der Waals surface area (Å²) in [5.74, 6) is 0.811. The number of nitro benzene ring substituents is 1. The van der Waals surface area contributed by atoms with Crippen molar-refractivity contribution in [2.45, 2.75) is 64.2 Å². The number of benzene rings is 1. The van der Waals surface area contributed by atoms with Gasteiger partial charge in [0.05, 0.1) is 4.92 Å². The van der Waals surface area contributed by atoms with E-state index in [9.17, 15) is 10.1 Å². The number of rotatable bonds is 10. The van der Waals surface area contributed by atoms with Gasteiger partial charge in [-0.05, 0) is 43.6 Å². The van der Waals surface area contributed by atoms with E-state index in [4.69, 9.17) is 4.74 Å². The Morgan fingerprint density at radius 3 is 2.39 bits per heavy atom. The van der Waals surface area contributed by atoms with Crippen LogP contribution in [-0.2, 0) is 11.2 Å². The standard InChI is InChI=1S/C19H29NO3/c21-20(22)19-13-11-17(12-14-19)8-4-1-2-7-15-23-16-18-9-5-3-6-10-18/h11-14,18H,1-10,15-16H2. The van der Waals surface area contributed by atoms with E-state index in [0.29, 0.717) is 0 Å². The van der Waals surface area contributed by atoms with Gasteiger partial charge in [0.25, 0.3) is 5.69 Å². The number of hydrogen-bond donors (Lipinski definition) is 0. The van der Waals surface area contributed by atoms with Crippen molar-refractivity contribution in [1.29, 1.82) is 0 Å². The van der Waals surface area contributed by atoms with E-state index >= 15 is 0 Å². The second-order valence-electron chi connectivity index (χ2n) is 6.67. The second-order valence-corrected chi connectivity index (χ2v) is 6.67. The molecule has 0 bridgehead atoms. The van der Waals surface area contributed by atoms with Crippen LogP contribution in [0.4, 0.5) is 5.69 Å². The minimum Gasteiger partial charge on any atom is -0.381 e. The zero-order valence-corrected chi connectivity index (χ0v) is 14.0. The number of non-ortho nitro benzene ring substituents is 1. The topological polar surface area (TPSA) is 52.4 Å². The number of aryl methyl sites for hydroxylation is 1. The molecule has 1 aromatic carbocycles. The molecule has 2 rings (SSSR count). The van der Waals surface area contributed by atoms with Crippen molar-refractivity contribution in [3.63, 3.8) is 0 Å². The van der Waals surface area contributed by atoms with Crippen molar-refractivity contribution in [2.75, 3.05) is 13.2 Å². The van der Waals surface area contributed by atoms with E-state index in [1.165, 1.54) is 50.5 Å². The summed E-state index contributed by atoms with van der Waals surface area (Å²) >= 11 is 0. The largest absolute Gasteiger partial charge is 0.381 e. The molecule has 0 amide bonds. The predicted octanol–water partition coefficient (Wildman–Crippen LogP) is 5.29. The first-order valence-electron chi connectivity index (χ1n) is 9.07. The highest BCUT2D eigenvalue weighted by molar-refractivity contribution is 5.32.